The van der Waals surface area contributed by atoms with E-state index < -0.39 is 11.6 Å². The van der Waals surface area contributed by atoms with Crippen LogP contribution in [0.1, 0.15) is 30.6 Å². The molecule has 20 heavy (non-hydrogen) atoms. The molecule has 0 N–H and O–H groups in total. The van der Waals surface area contributed by atoms with E-state index in [1.54, 1.807) is 7.11 Å². The molecule has 5 heteroatoms. The molecule has 0 bridgehead atoms. The Kier molecular flexibility index (Phi) is 6.75. The second-order valence-electron chi connectivity index (χ2n) is 4.90. The molecule has 0 aliphatic heterocycles. The van der Waals surface area contributed by atoms with Crippen molar-refractivity contribution in [1.29, 1.82) is 0 Å². The molecule has 0 fully saturated rings. The number of hydrogen-bond donors (Lipinski definition) is 0. The predicted octanol–water partition coefficient (Wildman–Crippen LogP) is 2.89. The molecule has 0 aliphatic rings. The molecule has 1 rings (SSSR count). The molecule has 0 saturated carbocycles. The molecule has 0 atom stereocenters. The average Bonchev–Trinajstić information content (AvgIpc) is 2.41. The van der Waals surface area contributed by atoms with E-state index in [0.29, 0.717) is 19.7 Å². The fraction of sp³-hybridized carbons (Fsp3) is 0.533. The molecule has 112 valence electrons. The SMILES string of the molecule is COCCN(CCC(=O)c1cccc(F)c1F)C(C)C. The molecule has 0 spiro atoms. The normalized spacial score (nSPS) is 11.3. The second kappa shape index (κ2) is 8.07. The summed E-state index contributed by atoms with van der Waals surface area (Å²) in [6.07, 6.45) is 0.155. The highest BCUT2D eigenvalue weighted by atomic mass is 19.2. The minimum absolute atomic E-state index is 0.155. The summed E-state index contributed by atoms with van der Waals surface area (Å²) in [5.41, 5.74) is -0.180. The fourth-order valence-electron chi connectivity index (χ4n) is 1.94. The van der Waals surface area contributed by atoms with E-state index in [-0.39, 0.29) is 23.8 Å². The van der Waals surface area contributed by atoms with E-state index in [4.69, 9.17) is 4.74 Å². The lowest BCUT2D eigenvalue weighted by atomic mass is 10.1. The van der Waals surface area contributed by atoms with Gasteiger partial charge in [-0.25, -0.2) is 8.78 Å². The van der Waals surface area contributed by atoms with Crippen molar-refractivity contribution in [2.75, 3.05) is 26.8 Å². The van der Waals surface area contributed by atoms with Crippen LogP contribution < -0.4 is 0 Å². The summed E-state index contributed by atoms with van der Waals surface area (Å²) in [6.45, 7) is 5.80. The Hall–Kier alpha value is -1.33. The highest BCUT2D eigenvalue weighted by Crippen LogP contribution is 2.14. The highest BCUT2D eigenvalue weighted by molar-refractivity contribution is 5.96. The number of ketones is 1. The third-order valence-electron chi connectivity index (χ3n) is 3.19. The monoisotopic (exact) mass is 285 g/mol. The third-order valence-corrected chi connectivity index (χ3v) is 3.19. The Labute approximate surface area is 118 Å². The standard InChI is InChI=1S/C15H21F2NO2/c1-11(2)18(9-10-20-3)8-7-14(19)12-5-4-6-13(16)15(12)17/h4-6,11H,7-10H2,1-3H3. The molecule has 0 heterocycles. The summed E-state index contributed by atoms with van der Waals surface area (Å²) < 4.78 is 31.6. The molecule has 0 saturated heterocycles. The van der Waals surface area contributed by atoms with Crippen LogP contribution >= 0.6 is 0 Å². The molecule has 0 radical (unpaired) electrons. The molecule has 0 amide bonds. The van der Waals surface area contributed by atoms with E-state index >= 15 is 0 Å². The first-order chi connectivity index (χ1) is 9.47. The van der Waals surface area contributed by atoms with Gasteiger partial charge in [0.1, 0.15) is 0 Å². The number of nitrogens with zero attached hydrogens (tertiary/aromatic N) is 1. The fourth-order valence-corrected chi connectivity index (χ4v) is 1.94. The van der Waals surface area contributed by atoms with Crippen molar-refractivity contribution in [2.45, 2.75) is 26.3 Å². The molecule has 1 aromatic carbocycles. The van der Waals surface area contributed by atoms with Gasteiger partial charge in [0, 0.05) is 32.7 Å². The number of ether oxygens (including phenoxy) is 1. The van der Waals surface area contributed by atoms with E-state index in [0.717, 1.165) is 6.07 Å². The third kappa shape index (κ3) is 4.65. The summed E-state index contributed by atoms with van der Waals surface area (Å²) in [5.74, 6) is -2.44. The Morgan fingerprint density at radius 2 is 2.00 bits per heavy atom. The first-order valence-electron chi connectivity index (χ1n) is 6.67. The quantitative estimate of drug-likeness (QED) is 0.688. The lowest BCUT2D eigenvalue weighted by Gasteiger charge is -2.25. The van der Waals surface area contributed by atoms with E-state index in [2.05, 4.69) is 4.90 Å². The Morgan fingerprint density at radius 3 is 2.60 bits per heavy atom. The van der Waals surface area contributed by atoms with Gasteiger partial charge in [-0.15, -0.1) is 0 Å². The summed E-state index contributed by atoms with van der Waals surface area (Å²) in [5, 5.41) is 0. The molecular formula is C15H21F2NO2. The van der Waals surface area contributed by atoms with Crippen molar-refractivity contribution in [1.82, 2.24) is 4.90 Å². The van der Waals surface area contributed by atoms with Gasteiger partial charge in [0.2, 0.25) is 0 Å². The van der Waals surface area contributed by atoms with Gasteiger partial charge in [-0.1, -0.05) is 6.07 Å². The lowest BCUT2D eigenvalue weighted by Crippen LogP contribution is -2.35. The van der Waals surface area contributed by atoms with Crippen LogP contribution in [0.3, 0.4) is 0 Å². The number of carbonyl (C=O) groups excluding carboxylic acids is 1. The van der Waals surface area contributed by atoms with Crippen molar-refractivity contribution in [3.63, 3.8) is 0 Å². The number of hydrogen-bond acceptors (Lipinski definition) is 3. The van der Waals surface area contributed by atoms with Crippen LogP contribution in [0.2, 0.25) is 0 Å². The maximum atomic E-state index is 13.5. The van der Waals surface area contributed by atoms with E-state index in [1.165, 1.54) is 12.1 Å². The zero-order valence-electron chi connectivity index (χ0n) is 12.2. The van der Waals surface area contributed by atoms with Gasteiger partial charge in [-0.05, 0) is 26.0 Å². The number of benzene rings is 1. The van der Waals surface area contributed by atoms with Crippen LogP contribution in [0.25, 0.3) is 0 Å². The van der Waals surface area contributed by atoms with Gasteiger partial charge < -0.3 is 4.74 Å². The van der Waals surface area contributed by atoms with Crippen LogP contribution in [0.5, 0.6) is 0 Å². The summed E-state index contributed by atoms with van der Waals surface area (Å²) in [4.78, 5) is 14.0. The van der Waals surface area contributed by atoms with Gasteiger partial charge in [0.15, 0.2) is 17.4 Å². The maximum Gasteiger partial charge on any atom is 0.169 e. The van der Waals surface area contributed by atoms with Gasteiger partial charge in [0.05, 0.1) is 12.2 Å². The molecular weight excluding hydrogens is 264 g/mol. The number of Topliss-reactive ketones (excluding diaryl/α,β-unsaturated/α-hetero) is 1. The first-order valence-corrected chi connectivity index (χ1v) is 6.67. The van der Waals surface area contributed by atoms with Gasteiger partial charge in [-0.2, -0.15) is 0 Å². The minimum Gasteiger partial charge on any atom is -0.383 e. The van der Waals surface area contributed by atoms with Crippen LogP contribution in [0.4, 0.5) is 8.78 Å². The zero-order valence-corrected chi connectivity index (χ0v) is 12.2. The molecule has 1 aromatic rings. The van der Waals surface area contributed by atoms with Crippen molar-refractivity contribution in [3.8, 4) is 0 Å². The van der Waals surface area contributed by atoms with Gasteiger partial charge in [-0.3, -0.25) is 9.69 Å². The number of methoxy groups -OCH3 is 1. The van der Waals surface area contributed by atoms with Crippen LogP contribution in [0.15, 0.2) is 18.2 Å². The Balaban J connectivity index is 2.63. The minimum atomic E-state index is -1.06. The highest BCUT2D eigenvalue weighted by Gasteiger charge is 2.17. The lowest BCUT2D eigenvalue weighted by molar-refractivity contribution is 0.0923. The summed E-state index contributed by atoms with van der Waals surface area (Å²) >= 11 is 0. The molecule has 0 unspecified atom stereocenters. The maximum absolute atomic E-state index is 13.5. The van der Waals surface area contributed by atoms with E-state index in [9.17, 15) is 13.6 Å². The van der Waals surface area contributed by atoms with Crippen molar-refractivity contribution in [2.24, 2.45) is 0 Å². The number of halogens is 2. The van der Waals surface area contributed by atoms with Crippen molar-refractivity contribution < 1.29 is 18.3 Å². The predicted molar refractivity (Wildman–Crippen MR) is 73.9 cm³/mol. The molecule has 3 nitrogen and oxygen atoms in total. The van der Waals surface area contributed by atoms with Crippen LogP contribution in [-0.4, -0.2) is 43.5 Å². The van der Waals surface area contributed by atoms with Gasteiger partial charge in [0.25, 0.3) is 0 Å². The summed E-state index contributed by atoms with van der Waals surface area (Å²) in [6, 6.07) is 3.92. The Morgan fingerprint density at radius 1 is 1.30 bits per heavy atom. The summed E-state index contributed by atoms with van der Waals surface area (Å²) in [7, 11) is 1.62. The molecule has 0 aliphatic carbocycles. The largest absolute Gasteiger partial charge is 0.383 e. The van der Waals surface area contributed by atoms with Crippen LogP contribution in [-0.2, 0) is 4.74 Å². The van der Waals surface area contributed by atoms with E-state index in [1.807, 2.05) is 13.8 Å². The van der Waals surface area contributed by atoms with Crippen molar-refractivity contribution in [3.05, 3.63) is 35.4 Å². The number of rotatable bonds is 8. The zero-order chi connectivity index (χ0) is 15.1. The molecule has 0 aromatic heterocycles. The van der Waals surface area contributed by atoms with Crippen LogP contribution in [0, 0.1) is 11.6 Å². The van der Waals surface area contributed by atoms with Crippen molar-refractivity contribution >= 4 is 5.78 Å². The Bertz CT molecular complexity index is 449. The number of carbonyl (C=O) groups is 1. The average molecular weight is 285 g/mol. The smallest absolute Gasteiger partial charge is 0.169 e. The first kappa shape index (κ1) is 16.7. The van der Waals surface area contributed by atoms with Gasteiger partial charge >= 0.3 is 0 Å². The second-order valence-corrected chi connectivity index (χ2v) is 4.90. The topological polar surface area (TPSA) is 29.5 Å².